The molecular formula is C9H8N4O4S2. The van der Waals surface area contributed by atoms with Gasteiger partial charge < -0.3 is 4.74 Å². The number of nitrogens with two attached hydrogens (primary N) is 1. The zero-order chi connectivity index (χ0) is 13.9. The highest BCUT2D eigenvalue weighted by Crippen LogP contribution is 2.19. The first-order valence-electron chi connectivity index (χ1n) is 4.85. The molecule has 1 amide bonds. The van der Waals surface area contributed by atoms with E-state index < -0.39 is 16.1 Å². The van der Waals surface area contributed by atoms with Crippen LogP contribution < -0.4 is 15.2 Å². The van der Waals surface area contributed by atoms with Gasteiger partial charge in [0.15, 0.2) is 0 Å². The summed E-state index contributed by atoms with van der Waals surface area (Å²) >= 11 is 0.632. The second-order valence-electron chi connectivity index (χ2n) is 3.25. The minimum absolute atomic E-state index is 0.0232. The highest BCUT2D eigenvalue weighted by atomic mass is 32.2. The minimum Gasteiger partial charge on any atom is -0.410 e. The Balaban J connectivity index is 2.02. The Morgan fingerprint density at radius 1 is 1.26 bits per heavy atom. The van der Waals surface area contributed by atoms with E-state index in [2.05, 4.69) is 15.5 Å². The molecule has 2 aromatic rings. The lowest BCUT2D eigenvalue weighted by Crippen LogP contribution is -2.16. The van der Waals surface area contributed by atoms with Crippen LogP contribution in [-0.2, 0) is 10.0 Å². The molecule has 0 aliphatic carbocycles. The van der Waals surface area contributed by atoms with Crippen molar-refractivity contribution in [1.82, 2.24) is 10.2 Å². The van der Waals surface area contributed by atoms with Crippen molar-refractivity contribution >= 4 is 32.6 Å². The van der Waals surface area contributed by atoms with Crippen molar-refractivity contribution in [2.24, 2.45) is 5.14 Å². The van der Waals surface area contributed by atoms with Crippen LogP contribution in [0.1, 0.15) is 0 Å². The molecule has 0 saturated heterocycles. The minimum atomic E-state index is -3.92. The van der Waals surface area contributed by atoms with Crippen LogP contribution in [0.25, 0.3) is 0 Å². The van der Waals surface area contributed by atoms with E-state index in [9.17, 15) is 13.2 Å². The molecule has 0 spiro atoms. The molecule has 3 N–H and O–H groups in total. The third-order valence-electron chi connectivity index (χ3n) is 1.81. The van der Waals surface area contributed by atoms with Crippen LogP contribution in [0.15, 0.2) is 34.7 Å². The molecule has 0 saturated carbocycles. The number of para-hydroxylation sites is 1. The van der Waals surface area contributed by atoms with Gasteiger partial charge in [0.2, 0.25) is 9.47 Å². The van der Waals surface area contributed by atoms with Crippen LogP contribution in [0.2, 0.25) is 0 Å². The van der Waals surface area contributed by atoms with Crippen molar-refractivity contribution in [2.75, 3.05) is 5.32 Å². The summed E-state index contributed by atoms with van der Waals surface area (Å²) in [6, 6.07) is 8.36. The number of ether oxygens (including phenoxy) is 1. The third kappa shape index (κ3) is 3.71. The summed E-state index contributed by atoms with van der Waals surface area (Å²) in [7, 11) is -3.92. The zero-order valence-corrected chi connectivity index (χ0v) is 10.9. The molecule has 0 fully saturated rings. The average Bonchev–Trinajstić information content (AvgIpc) is 2.78. The number of nitrogens with zero attached hydrogens (tertiary/aromatic N) is 2. The van der Waals surface area contributed by atoms with Gasteiger partial charge in [-0.3, -0.25) is 5.32 Å². The SMILES string of the molecule is NS(=O)(=O)c1nnc(NC(=O)Oc2ccccc2)s1. The first-order chi connectivity index (χ1) is 8.95. The highest BCUT2D eigenvalue weighted by molar-refractivity contribution is 7.91. The largest absolute Gasteiger partial charge is 0.418 e. The van der Waals surface area contributed by atoms with Crippen LogP contribution in [0.3, 0.4) is 0 Å². The predicted octanol–water partition coefficient (Wildman–Crippen LogP) is 0.796. The lowest BCUT2D eigenvalue weighted by atomic mass is 10.3. The quantitative estimate of drug-likeness (QED) is 0.808. The summed E-state index contributed by atoms with van der Waals surface area (Å²) in [6.07, 6.45) is -0.802. The fraction of sp³-hybridized carbons (Fsp3) is 0. The van der Waals surface area contributed by atoms with Gasteiger partial charge >= 0.3 is 6.09 Å². The number of hydrogen-bond donors (Lipinski definition) is 2. The van der Waals surface area contributed by atoms with Crippen molar-refractivity contribution in [2.45, 2.75) is 4.34 Å². The number of benzene rings is 1. The fourth-order valence-corrected chi connectivity index (χ4v) is 2.40. The molecule has 1 aromatic carbocycles. The number of carbonyl (C=O) groups is 1. The second-order valence-corrected chi connectivity index (χ2v) is 5.96. The number of sulfonamides is 1. The summed E-state index contributed by atoms with van der Waals surface area (Å²) < 4.78 is 26.5. The maximum absolute atomic E-state index is 11.5. The lowest BCUT2D eigenvalue weighted by Gasteiger charge is -2.02. The molecule has 0 atom stereocenters. The summed E-state index contributed by atoms with van der Waals surface area (Å²) in [5.41, 5.74) is 0. The van der Waals surface area contributed by atoms with Gasteiger partial charge in [-0.2, -0.15) is 0 Å². The second kappa shape index (κ2) is 5.30. The van der Waals surface area contributed by atoms with E-state index >= 15 is 0 Å². The molecular weight excluding hydrogens is 292 g/mol. The molecule has 1 aromatic heterocycles. The Labute approximate surface area is 112 Å². The smallest absolute Gasteiger partial charge is 0.410 e. The average molecular weight is 300 g/mol. The molecule has 0 aliphatic rings. The monoisotopic (exact) mass is 300 g/mol. The standard InChI is InChI=1S/C9H8N4O4S2/c10-19(15,16)9-13-12-7(18-9)11-8(14)17-6-4-2-1-3-5-6/h1-5H,(H2,10,15,16)(H,11,12,14). The fourth-order valence-electron chi connectivity index (χ4n) is 1.08. The van der Waals surface area contributed by atoms with E-state index in [0.29, 0.717) is 17.1 Å². The number of primary sulfonamides is 1. The first-order valence-corrected chi connectivity index (χ1v) is 7.21. The van der Waals surface area contributed by atoms with Crippen molar-refractivity contribution in [1.29, 1.82) is 0 Å². The van der Waals surface area contributed by atoms with Crippen LogP contribution in [-0.4, -0.2) is 24.7 Å². The van der Waals surface area contributed by atoms with Gasteiger partial charge in [-0.1, -0.05) is 29.5 Å². The van der Waals surface area contributed by atoms with Gasteiger partial charge in [0.25, 0.3) is 10.0 Å². The maximum Gasteiger partial charge on any atom is 0.418 e. The number of aromatic nitrogens is 2. The van der Waals surface area contributed by atoms with Gasteiger partial charge in [-0.05, 0) is 12.1 Å². The van der Waals surface area contributed by atoms with Crippen molar-refractivity contribution in [3.63, 3.8) is 0 Å². The van der Waals surface area contributed by atoms with E-state index in [-0.39, 0.29) is 9.47 Å². The number of amides is 1. The molecule has 0 unspecified atom stereocenters. The summed E-state index contributed by atoms with van der Waals surface area (Å²) in [6.45, 7) is 0. The van der Waals surface area contributed by atoms with E-state index in [1.54, 1.807) is 30.3 Å². The summed E-state index contributed by atoms with van der Waals surface area (Å²) in [5.74, 6) is 0.344. The number of nitrogens with one attached hydrogen (secondary N) is 1. The predicted molar refractivity (Wildman–Crippen MR) is 67.4 cm³/mol. The van der Waals surface area contributed by atoms with Gasteiger partial charge in [-0.15, -0.1) is 10.2 Å². The third-order valence-corrected chi connectivity index (χ3v) is 3.96. The first kappa shape index (κ1) is 13.4. The Hall–Kier alpha value is -2.04. The maximum atomic E-state index is 11.5. The summed E-state index contributed by atoms with van der Waals surface area (Å²) in [5, 5.41) is 13.9. The number of carbonyl (C=O) groups excluding carboxylic acids is 1. The Bertz CT molecular complexity index is 683. The Morgan fingerprint density at radius 2 is 1.95 bits per heavy atom. The van der Waals surface area contributed by atoms with Crippen molar-refractivity contribution in [3.05, 3.63) is 30.3 Å². The van der Waals surface area contributed by atoms with Gasteiger partial charge in [0.1, 0.15) is 5.75 Å². The van der Waals surface area contributed by atoms with Gasteiger partial charge in [0.05, 0.1) is 0 Å². The molecule has 0 aliphatic heterocycles. The van der Waals surface area contributed by atoms with Crippen LogP contribution in [0.5, 0.6) is 5.75 Å². The van der Waals surface area contributed by atoms with E-state index in [1.807, 2.05) is 0 Å². The molecule has 0 radical (unpaired) electrons. The molecule has 10 heteroatoms. The van der Waals surface area contributed by atoms with Crippen LogP contribution in [0.4, 0.5) is 9.93 Å². The van der Waals surface area contributed by atoms with Gasteiger partial charge in [-0.25, -0.2) is 18.4 Å². The lowest BCUT2D eigenvalue weighted by molar-refractivity contribution is 0.215. The Kier molecular flexibility index (Phi) is 3.74. The van der Waals surface area contributed by atoms with Crippen molar-refractivity contribution < 1.29 is 17.9 Å². The molecule has 19 heavy (non-hydrogen) atoms. The molecule has 100 valence electrons. The molecule has 2 rings (SSSR count). The van der Waals surface area contributed by atoms with E-state index in [1.165, 1.54) is 0 Å². The molecule has 1 heterocycles. The van der Waals surface area contributed by atoms with E-state index in [4.69, 9.17) is 9.88 Å². The summed E-state index contributed by atoms with van der Waals surface area (Å²) in [4.78, 5) is 11.5. The van der Waals surface area contributed by atoms with Crippen molar-refractivity contribution in [3.8, 4) is 5.75 Å². The molecule has 8 nitrogen and oxygen atoms in total. The highest BCUT2D eigenvalue weighted by Gasteiger charge is 2.16. The molecule has 0 bridgehead atoms. The van der Waals surface area contributed by atoms with Crippen LogP contribution in [0, 0.1) is 0 Å². The number of rotatable bonds is 3. The number of hydrogen-bond acceptors (Lipinski definition) is 7. The zero-order valence-electron chi connectivity index (χ0n) is 9.31. The van der Waals surface area contributed by atoms with Gasteiger partial charge in [0, 0.05) is 0 Å². The Morgan fingerprint density at radius 3 is 2.53 bits per heavy atom. The normalized spacial score (nSPS) is 11.0. The van der Waals surface area contributed by atoms with Crippen LogP contribution >= 0.6 is 11.3 Å². The number of anilines is 1. The topological polar surface area (TPSA) is 124 Å². The van der Waals surface area contributed by atoms with E-state index in [0.717, 1.165) is 0 Å².